The smallest absolute Gasteiger partial charge is 0.339 e. The molecule has 2 amide bonds. The number of hydrogen-bond donors (Lipinski definition) is 1. The van der Waals surface area contributed by atoms with Crippen LogP contribution < -0.4 is 14.2 Å². The van der Waals surface area contributed by atoms with Crippen molar-refractivity contribution in [2.75, 3.05) is 7.11 Å². The molecule has 0 bridgehead atoms. The van der Waals surface area contributed by atoms with Crippen molar-refractivity contribution in [3.8, 4) is 11.5 Å². The number of carbonyl (C=O) groups excluding carboxylic acids is 1. The van der Waals surface area contributed by atoms with Gasteiger partial charge in [-0.25, -0.2) is 9.18 Å². The van der Waals surface area contributed by atoms with Crippen molar-refractivity contribution in [1.82, 2.24) is 10.2 Å². The molecule has 9 heteroatoms. The van der Waals surface area contributed by atoms with Crippen LogP contribution in [-0.4, -0.2) is 38.5 Å². The summed E-state index contributed by atoms with van der Waals surface area (Å²) in [5.74, 6) is -0.350. The molecule has 1 atom stereocenters. The summed E-state index contributed by atoms with van der Waals surface area (Å²) >= 11 is 0. The van der Waals surface area contributed by atoms with Gasteiger partial charge >= 0.3 is 16.1 Å². The summed E-state index contributed by atoms with van der Waals surface area (Å²) in [4.78, 5) is 14.1. The molecule has 7 nitrogen and oxygen atoms in total. The number of amides is 2. The van der Waals surface area contributed by atoms with E-state index >= 15 is 0 Å². The molecule has 0 aromatic heterocycles. The monoisotopic (exact) mass is 452 g/mol. The maximum Gasteiger partial charge on any atom is 0.339 e. The molecular formula is C22H29FN2O5S. The van der Waals surface area contributed by atoms with E-state index in [9.17, 15) is 17.6 Å². The SMILES string of the molecule is CC[C@H](C)N(Cc1ccc(OC)c(OS(=O)(=O)c2ccc(F)cc2)c1)C(=O)NC(C)C. The van der Waals surface area contributed by atoms with Crippen LogP contribution in [-0.2, 0) is 16.7 Å². The minimum Gasteiger partial charge on any atom is -0.493 e. The van der Waals surface area contributed by atoms with Crippen molar-refractivity contribution >= 4 is 16.1 Å². The first-order chi connectivity index (χ1) is 14.6. The van der Waals surface area contributed by atoms with Gasteiger partial charge in [-0.3, -0.25) is 0 Å². The van der Waals surface area contributed by atoms with Crippen LogP contribution in [0.1, 0.15) is 39.7 Å². The molecule has 2 aromatic carbocycles. The zero-order valence-corrected chi connectivity index (χ0v) is 19.2. The molecule has 0 aliphatic carbocycles. The van der Waals surface area contributed by atoms with Gasteiger partial charge in [0, 0.05) is 18.6 Å². The van der Waals surface area contributed by atoms with Crippen LogP contribution >= 0.6 is 0 Å². The van der Waals surface area contributed by atoms with Gasteiger partial charge in [-0.05, 0) is 69.2 Å². The Morgan fingerprint density at radius 3 is 2.29 bits per heavy atom. The number of ether oxygens (including phenoxy) is 1. The van der Waals surface area contributed by atoms with Crippen molar-refractivity contribution < 1.29 is 26.5 Å². The van der Waals surface area contributed by atoms with E-state index in [-0.39, 0.29) is 41.1 Å². The first-order valence-electron chi connectivity index (χ1n) is 10.0. The number of nitrogens with zero attached hydrogens (tertiary/aromatic N) is 1. The molecule has 2 rings (SSSR count). The number of rotatable bonds is 9. The van der Waals surface area contributed by atoms with E-state index in [0.717, 1.165) is 30.7 Å². The standard InChI is InChI=1S/C22H29FN2O5S/c1-6-16(4)25(22(26)24-15(2)3)14-17-7-12-20(29-5)21(13-17)30-31(27,28)19-10-8-18(23)9-11-19/h7-13,15-16H,6,14H2,1-5H3,(H,24,26)/t16-/m0/s1. The summed E-state index contributed by atoms with van der Waals surface area (Å²) in [5.41, 5.74) is 0.671. The Morgan fingerprint density at radius 1 is 1.10 bits per heavy atom. The van der Waals surface area contributed by atoms with Gasteiger partial charge in [-0.1, -0.05) is 13.0 Å². The lowest BCUT2D eigenvalue weighted by Gasteiger charge is -2.30. The normalized spacial score (nSPS) is 12.4. The fraction of sp³-hybridized carbons (Fsp3) is 0.409. The van der Waals surface area contributed by atoms with E-state index in [1.165, 1.54) is 13.2 Å². The van der Waals surface area contributed by atoms with Gasteiger partial charge in [0.2, 0.25) is 0 Å². The van der Waals surface area contributed by atoms with Gasteiger partial charge in [0.1, 0.15) is 10.7 Å². The first kappa shape index (κ1) is 24.5. The molecule has 0 fully saturated rings. The van der Waals surface area contributed by atoms with Crippen molar-refractivity contribution in [2.45, 2.75) is 57.6 Å². The molecule has 0 spiro atoms. The minimum atomic E-state index is -4.20. The Bertz CT molecular complexity index is 993. The third-order valence-electron chi connectivity index (χ3n) is 4.68. The molecule has 2 aromatic rings. The van der Waals surface area contributed by atoms with E-state index in [4.69, 9.17) is 8.92 Å². The number of halogens is 1. The number of benzene rings is 2. The second-order valence-corrected chi connectivity index (χ2v) is 9.01. The Labute approximate surface area is 183 Å². The predicted molar refractivity (Wildman–Crippen MR) is 116 cm³/mol. The Kier molecular flexibility index (Phi) is 8.27. The average Bonchev–Trinajstić information content (AvgIpc) is 2.71. The summed E-state index contributed by atoms with van der Waals surface area (Å²) < 4.78 is 48.9. The molecular weight excluding hydrogens is 423 g/mol. The highest BCUT2D eigenvalue weighted by Crippen LogP contribution is 2.31. The third-order valence-corrected chi connectivity index (χ3v) is 5.93. The average molecular weight is 453 g/mol. The van der Waals surface area contributed by atoms with Crippen molar-refractivity contribution in [3.05, 3.63) is 53.8 Å². The van der Waals surface area contributed by atoms with E-state index < -0.39 is 15.9 Å². The molecule has 0 aliphatic heterocycles. The highest BCUT2D eigenvalue weighted by Gasteiger charge is 2.23. The highest BCUT2D eigenvalue weighted by atomic mass is 32.2. The number of urea groups is 1. The van der Waals surface area contributed by atoms with Gasteiger partial charge in [0.25, 0.3) is 0 Å². The summed E-state index contributed by atoms with van der Waals surface area (Å²) in [6.07, 6.45) is 0.754. The zero-order valence-electron chi connectivity index (χ0n) is 18.4. The lowest BCUT2D eigenvalue weighted by molar-refractivity contribution is 0.171. The molecule has 1 N–H and O–H groups in total. The lowest BCUT2D eigenvalue weighted by Crippen LogP contribution is -2.46. The van der Waals surface area contributed by atoms with Crippen LogP contribution in [0.15, 0.2) is 47.4 Å². The molecule has 0 saturated heterocycles. The van der Waals surface area contributed by atoms with Crippen LogP contribution in [0.2, 0.25) is 0 Å². The maximum absolute atomic E-state index is 13.1. The number of nitrogens with one attached hydrogen (secondary N) is 1. The molecule has 31 heavy (non-hydrogen) atoms. The molecule has 0 unspecified atom stereocenters. The second kappa shape index (κ2) is 10.5. The summed E-state index contributed by atoms with van der Waals surface area (Å²) in [7, 11) is -2.80. The van der Waals surface area contributed by atoms with Gasteiger partial charge in [-0.15, -0.1) is 0 Å². The number of carbonyl (C=O) groups is 1. The van der Waals surface area contributed by atoms with Gasteiger partial charge in [0.05, 0.1) is 7.11 Å². The second-order valence-electron chi connectivity index (χ2n) is 7.47. The largest absolute Gasteiger partial charge is 0.493 e. The van der Waals surface area contributed by atoms with E-state index in [1.807, 2.05) is 27.7 Å². The van der Waals surface area contributed by atoms with E-state index in [0.29, 0.717) is 5.56 Å². The molecule has 0 heterocycles. The predicted octanol–water partition coefficient (Wildman–Crippen LogP) is 4.32. The van der Waals surface area contributed by atoms with Crippen LogP contribution in [0.25, 0.3) is 0 Å². The molecule has 0 aliphatic rings. The van der Waals surface area contributed by atoms with Crippen molar-refractivity contribution in [1.29, 1.82) is 0 Å². The Hall–Kier alpha value is -2.81. The number of hydrogen-bond acceptors (Lipinski definition) is 5. The van der Waals surface area contributed by atoms with Gasteiger partial charge in [-0.2, -0.15) is 8.42 Å². The third kappa shape index (κ3) is 6.58. The first-order valence-corrected chi connectivity index (χ1v) is 11.4. The highest BCUT2D eigenvalue weighted by molar-refractivity contribution is 7.87. The Morgan fingerprint density at radius 2 is 1.74 bits per heavy atom. The molecule has 0 saturated carbocycles. The zero-order chi connectivity index (χ0) is 23.2. The lowest BCUT2D eigenvalue weighted by atomic mass is 10.1. The van der Waals surface area contributed by atoms with Crippen LogP contribution in [0.3, 0.4) is 0 Å². The van der Waals surface area contributed by atoms with Crippen molar-refractivity contribution in [3.63, 3.8) is 0 Å². The van der Waals surface area contributed by atoms with Crippen LogP contribution in [0, 0.1) is 5.82 Å². The minimum absolute atomic E-state index is 0.0160. The quantitative estimate of drug-likeness (QED) is 0.573. The maximum atomic E-state index is 13.1. The topological polar surface area (TPSA) is 84.9 Å². The fourth-order valence-corrected chi connectivity index (χ4v) is 3.76. The van der Waals surface area contributed by atoms with Gasteiger partial charge in [0.15, 0.2) is 11.5 Å². The molecule has 170 valence electrons. The van der Waals surface area contributed by atoms with Crippen LogP contribution in [0.4, 0.5) is 9.18 Å². The summed E-state index contributed by atoms with van der Waals surface area (Å²) in [6.45, 7) is 7.95. The van der Waals surface area contributed by atoms with E-state index in [2.05, 4.69) is 5.32 Å². The Balaban J connectivity index is 2.34. The fourth-order valence-electron chi connectivity index (χ4n) is 2.83. The molecule has 0 radical (unpaired) electrons. The summed E-state index contributed by atoms with van der Waals surface area (Å²) in [6, 6.07) is 8.93. The van der Waals surface area contributed by atoms with Crippen molar-refractivity contribution in [2.24, 2.45) is 0 Å². The van der Waals surface area contributed by atoms with Gasteiger partial charge < -0.3 is 19.1 Å². The van der Waals surface area contributed by atoms with Crippen LogP contribution in [0.5, 0.6) is 11.5 Å². The summed E-state index contributed by atoms with van der Waals surface area (Å²) in [5, 5.41) is 2.88. The van der Waals surface area contributed by atoms with E-state index in [1.54, 1.807) is 17.0 Å². The number of methoxy groups -OCH3 is 1.